The van der Waals surface area contributed by atoms with E-state index in [-0.39, 0.29) is 28.8 Å². The molecule has 0 saturated carbocycles. The summed E-state index contributed by atoms with van der Waals surface area (Å²) in [4.78, 5) is 11.3. The first-order valence-electron chi connectivity index (χ1n) is 8.85. The molecule has 0 spiro atoms. The highest BCUT2D eigenvalue weighted by atomic mass is 19.4. The topological polar surface area (TPSA) is 75.3 Å². The minimum atomic E-state index is -4.88. The van der Waals surface area contributed by atoms with Gasteiger partial charge in [-0.05, 0) is 37.6 Å². The standard InChI is InChI=1S/C21H18F4N2O3/c1-20(2,19(29)30)11-27-10-12(9-26-27)15-7-13(22)8-16(21(23,24)25)18(15)14-5-3-4-6-17(14)28/h3-10,28H,11H2,1-2H3,(H,29,30). The highest BCUT2D eigenvalue weighted by Gasteiger charge is 2.36. The second kappa shape index (κ2) is 7.47. The molecule has 0 bridgehead atoms. The maximum atomic E-state index is 14.2. The summed E-state index contributed by atoms with van der Waals surface area (Å²) < 4.78 is 56.6. The lowest BCUT2D eigenvalue weighted by Crippen LogP contribution is -2.29. The molecule has 1 aromatic heterocycles. The molecule has 0 atom stereocenters. The summed E-state index contributed by atoms with van der Waals surface area (Å²) in [7, 11) is 0. The van der Waals surface area contributed by atoms with E-state index >= 15 is 0 Å². The number of halogens is 4. The Hall–Kier alpha value is -3.36. The van der Waals surface area contributed by atoms with Crippen LogP contribution in [0, 0.1) is 11.2 Å². The fraction of sp³-hybridized carbons (Fsp3) is 0.238. The normalized spacial score (nSPS) is 12.2. The summed E-state index contributed by atoms with van der Waals surface area (Å²) in [6.45, 7) is 2.91. The summed E-state index contributed by atoms with van der Waals surface area (Å²) in [5.41, 5.74) is -2.89. The van der Waals surface area contributed by atoms with Crippen LogP contribution in [-0.2, 0) is 17.5 Å². The van der Waals surface area contributed by atoms with Gasteiger partial charge in [0.25, 0.3) is 0 Å². The number of nitrogens with zero attached hydrogens (tertiary/aromatic N) is 2. The maximum absolute atomic E-state index is 14.2. The third-order valence-corrected chi connectivity index (χ3v) is 4.66. The van der Waals surface area contributed by atoms with Gasteiger partial charge in [-0.2, -0.15) is 18.3 Å². The fourth-order valence-electron chi connectivity index (χ4n) is 3.10. The third kappa shape index (κ3) is 4.14. The molecular formula is C21H18F4N2O3. The minimum absolute atomic E-state index is 0.0459. The first kappa shape index (κ1) is 21.4. The molecule has 0 aliphatic heterocycles. The zero-order valence-electron chi connectivity index (χ0n) is 16.0. The average Bonchev–Trinajstić information content (AvgIpc) is 3.08. The molecule has 0 aliphatic rings. The summed E-state index contributed by atoms with van der Waals surface area (Å²) in [6, 6.07) is 6.77. The van der Waals surface area contributed by atoms with Gasteiger partial charge in [-0.15, -0.1) is 0 Å². The second-order valence-corrected chi connectivity index (χ2v) is 7.51. The summed E-state index contributed by atoms with van der Waals surface area (Å²) >= 11 is 0. The van der Waals surface area contributed by atoms with Crippen molar-refractivity contribution in [3.05, 3.63) is 60.2 Å². The van der Waals surface area contributed by atoms with Crippen molar-refractivity contribution in [3.8, 4) is 28.0 Å². The molecule has 0 aliphatic carbocycles. The van der Waals surface area contributed by atoms with Gasteiger partial charge in [0.15, 0.2) is 0 Å². The van der Waals surface area contributed by atoms with E-state index in [1.807, 2.05) is 0 Å². The fourth-order valence-corrected chi connectivity index (χ4v) is 3.10. The molecule has 9 heteroatoms. The van der Waals surface area contributed by atoms with Crippen LogP contribution in [0.1, 0.15) is 19.4 Å². The zero-order valence-corrected chi connectivity index (χ0v) is 16.0. The number of para-hydroxylation sites is 1. The van der Waals surface area contributed by atoms with Gasteiger partial charge in [-0.25, -0.2) is 4.39 Å². The molecule has 3 rings (SSSR count). The summed E-state index contributed by atoms with van der Waals surface area (Å²) in [6.07, 6.45) is -2.30. The van der Waals surface area contributed by atoms with Crippen molar-refractivity contribution >= 4 is 5.97 Å². The van der Waals surface area contributed by atoms with Crippen molar-refractivity contribution in [1.82, 2.24) is 9.78 Å². The lowest BCUT2D eigenvalue weighted by molar-refractivity contribution is -0.147. The molecule has 1 heterocycles. The number of aromatic hydroxyl groups is 1. The van der Waals surface area contributed by atoms with Crippen LogP contribution in [0.25, 0.3) is 22.3 Å². The largest absolute Gasteiger partial charge is 0.507 e. The molecule has 5 nitrogen and oxygen atoms in total. The number of rotatable bonds is 5. The monoisotopic (exact) mass is 422 g/mol. The van der Waals surface area contributed by atoms with E-state index in [9.17, 15) is 32.6 Å². The number of aliphatic carboxylic acids is 1. The molecule has 0 fully saturated rings. The highest BCUT2D eigenvalue weighted by molar-refractivity contribution is 5.88. The van der Waals surface area contributed by atoms with Gasteiger partial charge >= 0.3 is 12.1 Å². The summed E-state index contributed by atoms with van der Waals surface area (Å²) in [5.74, 6) is -2.56. The number of hydrogen-bond acceptors (Lipinski definition) is 3. The molecule has 158 valence electrons. The van der Waals surface area contributed by atoms with E-state index in [2.05, 4.69) is 5.10 Å². The first-order valence-corrected chi connectivity index (χ1v) is 8.85. The zero-order chi connectivity index (χ0) is 22.3. The molecule has 2 N–H and O–H groups in total. The Kier molecular flexibility index (Phi) is 5.32. The van der Waals surface area contributed by atoms with Gasteiger partial charge in [0.05, 0.1) is 23.7 Å². The van der Waals surface area contributed by atoms with Gasteiger partial charge in [-0.3, -0.25) is 9.48 Å². The SMILES string of the molecule is CC(C)(Cn1cc(-c2cc(F)cc(C(F)(F)F)c2-c2ccccc2O)cn1)C(=O)O. The number of benzene rings is 2. The smallest absolute Gasteiger partial charge is 0.417 e. The van der Waals surface area contributed by atoms with E-state index in [1.165, 1.54) is 55.2 Å². The number of phenols is 1. The number of phenolic OH excluding ortho intramolecular Hbond substituents is 1. The van der Waals surface area contributed by atoms with E-state index in [1.54, 1.807) is 0 Å². The second-order valence-electron chi connectivity index (χ2n) is 7.51. The molecule has 0 radical (unpaired) electrons. The van der Waals surface area contributed by atoms with Gasteiger partial charge in [0.1, 0.15) is 11.6 Å². The van der Waals surface area contributed by atoms with Gasteiger partial charge in [0, 0.05) is 22.9 Å². The molecule has 0 amide bonds. The van der Waals surface area contributed by atoms with Gasteiger partial charge < -0.3 is 10.2 Å². The number of alkyl halides is 3. The van der Waals surface area contributed by atoms with Crippen molar-refractivity contribution in [1.29, 1.82) is 0 Å². The number of carboxylic acid groups (broad SMARTS) is 1. The lowest BCUT2D eigenvalue weighted by atomic mass is 9.90. The van der Waals surface area contributed by atoms with E-state index in [0.29, 0.717) is 6.07 Å². The van der Waals surface area contributed by atoms with E-state index in [0.717, 1.165) is 6.07 Å². The van der Waals surface area contributed by atoms with Crippen molar-refractivity contribution < 1.29 is 32.6 Å². The predicted molar refractivity (Wildman–Crippen MR) is 101 cm³/mol. The van der Waals surface area contributed by atoms with Crippen LogP contribution < -0.4 is 0 Å². The molecule has 2 aromatic carbocycles. The number of hydrogen-bond donors (Lipinski definition) is 2. The van der Waals surface area contributed by atoms with Crippen molar-refractivity contribution in [2.45, 2.75) is 26.6 Å². The Balaban J connectivity index is 2.22. The van der Waals surface area contributed by atoms with Crippen molar-refractivity contribution in [2.24, 2.45) is 5.41 Å². The molecule has 0 saturated heterocycles. The lowest BCUT2D eigenvalue weighted by Gasteiger charge is -2.19. The first-order chi connectivity index (χ1) is 13.9. The van der Waals surface area contributed by atoms with Crippen molar-refractivity contribution in [3.63, 3.8) is 0 Å². The van der Waals surface area contributed by atoms with Crippen LogP contribution in [0.5, 0.6) is 5.75 Å². The third-order valence-electron chi connectivity index (χ3n) is 4.66. The number of carboxylic acids is 1. The number of aromatic nitrogens is 2. The molecule has 30 heavy (non-hydrogen) atoms. The van der Waals surface area contributed by atoms with Crippen LogP contribution in [0.2, 0.25) is 0 Å². The van der Waals surface area contributed by atoms with Gasteiger partial charge in [0.2, 0.25) is 0 Å². The Morgan fingerprint density at radius 2 is 1.80 bits per heavy atom. The Bertz CT molecular complexity index is 1100. The number of carbonyl (C=O) groups is 1. The average molecular weight is 422 g/mol. The van der Waals surface area contributed by atoms with Crippen LogP contribution in [0.15, 0.2) is 48.8 Å². The Morgan fingerprint density at radius 1 is 1.13 bits per heavy atom. The van der Waals surface area contributed by atoms with Crippen LogP contribution in [-0.4, -0.2) is 26.0 Å². The minimum Gasteiger partial charge on any atom is -0.507 e. The highest BCUT2D eigenvalue weighted by Crippen LogP contribution is 2.45. The van der Waals surface area contributed by atoms with Crippen LogP contribution in [0.4, 0.5) is 17.6 Å². The summed E-state index contributed by atoms with van der Waals surface area (Å²) in [5, 5.41) is 23.5. The van der Waals surface area contributed by atoms with E-state index < -0.39 is 34.7 Å². The van der Waals surface area contributed by atoms with Crippen LogP contribution >= 0.6 is 0 Å². The van der Waals surface area contributed by atoms with E-state index in [4.69, 9.17) is 0 Å². The Labute approximate surface area is 169 Å². The molecule has 3 aromatic rings. The quantitative estimate of drug-likeness (QED) is 0.555. The maximum Gasteiger partial charge on any atom is 0.417 e. The van der Waals surface area contributed by atoms with Gasteiger partial charge in [-0.1, -0.05) is 18.2 Å². The van der Waals surface area contributed by atoms with Crippen LogP contribution in [0.3, 0.4) is 0 Å². The predicted octanol–water partition coefficient (Wildman–Crippen LogP) is 5.19. The molecule has 0 unspecified atom stereocenters. The molecular weight excluding hydrogens is 404 g/mol. The Morgan fingerprint density at radius 3 is 2.40 bits per heavy atom. The van der Waals surface area contributed by atoms with Crippen molar-refractivity contribution in [2.75, 3.05) is 0 Å².